The smallest absolute Gasteiger partial charge is 0.276 e. The largest absolute Gasteiger partial charge is 0.354 e. The molecule has 0 fully saturated rings. The summed E-state index contributed by atoms with van der Waals surface area (Å²) >= 11 is 0. The molecule has 0 radical (unpaired) electrons. The van der Waals surface area contributed by atoms with Gasteiger partial charge in [-0.05, 0) is 42.8 Å². The summed E-state index contributed by atoms with van der Waals surface area (Å²) in [4.78, 5) is 32.2. The molecule has 0 aliphatic rings. The number of aromatic nitrogens is 3. The van der Waals surface area contributed by atoms with E-state index in [-0.39, 0.29) is 18.0 Å². The molecule has 3 aromatic heterocycles. The Morgan fingerprint density at radius 3 is 2.68 bits per heavy atom. The normalized spacial score (nSPS) is 11.4. The highest BCUT2D eigenvalue weighted by Gasteiger charge is 2.14. The highest BCUT2D eigenvalue weighted by molar-refractivity contribution is 5.80. The second-order valence-corrected chi connectivity index (χ2v) is 7.56. The molecule has 1 aromatic carbocycles. The third-order valence-electron chi connectivity index (χ3n) is 5.47. The number of hydrogen-bond donors (Lipinski definition) is 1. The minimum Gasteiger partial charge on any atom is -0.354 e. The second-order valence-electron chi connectivity index (χ2n) is 7.56. The van der Waals surface area contributed by atoms with Gasteiger partial charge in [-0.2, -0.15) is 0 Å². The van der Waals surface area contributed by atoms with Gasteiger partial charge in [0.25, 0.3) is 5.56 Å². The third kappa shape index (κ3) is 4.67. The van der Waals surface area contributed by atoms with Crippen molar-refractivity contribution in [2.75, 3.05) is 19.6 Å². The summed E-state index contributed by atoms with van der Waals surface area (Å²) in [5, 5.41) is 2.95. The first-order valence-electron chi connectivity index (χ1n) is 10.6. The van der Waals surface area contributed by atoms with Crippen molar-refractivity contribution in [3.8, 4) is 0 Å². The second kappa shape index (κ2) is 9.57. The van der Waals surface area contributed by atoms with Gasteiger partial charge in [-0.1, -0.05) is 37.3 Å². The molecule has 0 aliphatic heterocycles. The molecule has 0 unspecified atom stereocenters. The Kier molecular flexibility index (Phi) is 6.43. The van der Waals surface area contributed by atoms with Crippen molar-refractivity contribution in [2.45, 2.75) is 26.4 Å². The maximum atomic E-state index is 12.9. The number of benzene rings is 1. The Balaban J connectivity index is 1.36. The zero-order valence-electron chi connectivity index (χ0n) is 17.7. The van der Waals surface area contributed by atoms with Gasteiger partial charge in [0, 0.05) is 32.0 Å². The quantitative estimate of drug-likeness (QED) is 0.425. The van der Waals surface area contributed by atoms with Crippen molar-refractivity contribution in [1.29, 1.82) is 0 Å². The average molecular weight is 418 g/mol. The van der Waals surface area contributed by atoms with E-state index in [1.54, 1.807) is 12.3 Å². The Hall–Kier alpha value is -3.45. The van der Waals surface area contributed by atoms with Crippen LogP contribution in [0.2, 0.25) is 0 Å². The lowest BCUT2D eigenvalue weighted by atomic mass is 10.2. The fourth-order valence-electron chi connectivity index (χ4n) is 3.85. The number of nitrogens with one attached hydrogen (secondary N) is 1. The standard InChI is InChI=1S/C24H27N5O2/c1-2-27(17-19-9-4-3-5-10-19)15-8-14-25-22(30)18-29-23-20(11-6-13-26-23)28-16-7-12-21(28)24(29)31/h3-7,9-13,16H,2,8,14-15,17-18H2,1H3,(H,25,30). The summed E-state index contributed by atoms with van der Waals surface area (Å²) in [5.41, 5.74) is 2.91. The van der Waals surface area contributed by atoms with Crippen LogP contribution in [0.3, 0.4) is 0 Å². The fourth-order valence-corrected chi connectivity index (χ4v) is 3.85. The zero-order valence-corrected chi connectivity index (χ0v) is 17.7. The summed E-state index contributed by atoms with van der Waals surface area (Å²) in [6, 6.07) is 17.7. The molecule has 1 N–H and O–H groups in total. The van der Waals surface area contributed by atoms with E-state index in [4.69, 9.17) is 0 Å². The minimum absolute atomic E-state index is 0.0461. The van der Waals surface area contributed by atoms with Crippen LogP contribution in [0.4, 0.5) is 0 Å². The van der Waals surface area contributed by atoms with Gasteiger partial charge in [0.1, 0.15) is 12.1 Å². The molecule has 160 valence electrons. The lowest BCUT2D eigenvalue weighted by Crippen LogP contribution is -2.35. The molecular formula is C24H27N5O2. The molecule has 1 amide bonds. The molecule has 31 heavy (non-hydrogen) atoms. The molecule has 0 saturated carbocycles. The van der Waals surface area contributed by atoms with Crippen LogP contribution in [0.25, 0.3) is 16.7 Å². The van der Waals surface area contributed by atoms with Gasteiger partial charge in [0.2, 0.25) is 5.91 Å². The monoisotopic (exact) mass is 417 g/mol. The van der Waals surface area contributed by atoms with Crippen LogP contribution < -0.4 is 10.9 Å². The fraction of sp³-hybridized carbons (Fsp3) is 0.292. The van der Waals surface area contributed by atoms with E-state index in [0.29, 0.717) is 17.7 Å². The minimum atomic E-state index is -0.216. The van der Waals surface area contributed by atoms with Gasteiger partial charge in [0.15, 0.2) is 5.65 Å². The lowest BCUT2D eigenvalue weighted by molar-refractivity contribution is -0.121. The Morgan fingerprint density at radius 1 is 1.06 bits per heavy atom. The molecule has 0 spiro atoms. The van der Waals surface area contributed by atoms with E-state index in [1.165, 1.54) is 10.1 Å². The first-order valence-corrected chi connectivity index (χ1v) is 10.6. The van der Waals surface area contributed by atoms with Gasteiger partial charge in [-0.3, -0.25) is 19.1 Å². The van der Waals surface area contributed by atoms with Crippen LogP contribution in [0.5, 0.6) is 0 Å². The SMILES string of the molecule is CCN(CCCNC(=O)Cn1c(=O)c2cccn2c2cccnc21)Cc1ccccc1. The van der Waals surface area contributed by atoms with E-state index < -0.39 is 0 Å². The number of carbonyl (C=O) groups is 1. The molecule has 4 rings (SSSR count). The number of amides is 1. The summed E-state index contributed by atoms with van der Waals surface area (Å²) in [7, 11) is 0. The number of fused-ring (bicyclic) bond motifs is 3. The highest BCUT2D eigenvalue weighted by Crippen LogP contribution is 2.12. The van der Waals surface area contributed by atoms with E-state index >= 15 is 0 Å². The predicted molar refractivity (Wildman–Crippen MR) is 122 cm³/mol. The van der Waals surface area contributed by atoms with Crippen molar-refractivity contribution in [1.82, 2.24) is 24.2 Å². The predicted octanol–water partition coefficient (Wildman–Crippen LogP) is 2.68. The molecule has 7 heteroatoms. The Labute approximate surface area is 180 Å². The van der Waals surface area contributed by atoms with Crippen LogP contribution in [0.15, 0.2) is 71.8 Å². The summed E-state index contributed by atoms with van der Waals surface area (Å²) in [6.45, 7) is 5.41. The van der Waals surface area contributed by atoms with Gasteiger partial charge in [0.05, 0.1) is 5.52 Å². The summed E-state index contributed by atoms with van der Waals surface area (Å²) < 4.78 is 3.26. The summed E-state index contributed by atoms with van der Waals surface area (Å²) in [5.74, 6) is -0.184. The van der Waals surface area contributed by atoms with E-state index in [1.807, 2.05) is 34.9 Å². The van der Waals surface area contributed by atoms with Gasteiger partial charge in [-0.25, -0.2) is 4.98 Å². The van der Waals surface area contributed by atoms with E-state index in [2.05, 4.69) is 46.4 Å². The number of nitrogens with zero attached hydrogens (tertiary/aromatic N) is 4. The molecule has 0 atom stereocenters. The molecule has 0 bridgehead atoms. The van der Waals surface area contributed by atoms with E-state index in [0.717, 1.165) is 31.6 Å². The number of carbonyl (C=O) groups excluding carboxylic acids is 1. The molecular weight excluding hydrogens is 390 g/mol. The Bertz CT molecular complexity index is 1230. The van der Waals surface area contributed by atoms with Crippen molar-refractivity contribution < 1.29 is 4.79 Å². The zero-order chi connectivity index (χ0) is 21.6. The van der Waals surface area contributed by atoms with Crippen LogP contribution in [0.1, 0.15) is 18.9 Å². The maximum Gasteiger partial charge on any atom is 0.276 e. The lowest BCUT2D eigenvalue weighted by Gasteiger charge is -2.20. The summed E-state index contributed by atoms with van der Waals surface area (Å²) in [6.07, 6.45) is 4.32. The first-order chi connectivity index (χ1) is 15.2. The van der Waals surface area contributed by atoms with Gasteiger partial charge in [-0.15, -0.1) is 0 Å². The maximum absolute atomic E-state index is 12.9. The molecule has 0 aliphatic carbocycles. The molecule has 7 nitrogen and oxygen atoms in total. The highest BCUT2D eigenvalue weighted by atomic mass is 16.2. The van der Waals surface area contributed by atoms with E-state index in [9.17, 15) is 9.59 Å². The number of rotatable bonds is 9. The van der Waals surface area contributed by atoms with Crippen molar-refractivity contribution in [2.24, 2.45) is 0 Å². The first kappa shape index (κ1) is 20.8. The number of pyridine rings is 1. The molecule has 3 heterocycles. The van der Waals surface area contributed by atoms with Crippen molar-refractivity contribution in [3.05, 3.63) is 82.9 Å². The van der Waals surface area contributed by atoms with Gasteiger partial charge < -0.3 is 9.72 Å². The van der Waals surface area contributed by atoms with Crippen LogP contribution in [0, 0.1) is 0 Å². The number of hydrogen-bond acceptors (Lipinski definition) is 4. The van der Waals surface area contributed by atoms with Crippen molar-refractivity contribution in [3.63, 3.8) is 0 Å². The Morgan fingerprint density at radius 2 is 1.87 bits per heavy atom. The molecule has 0 saturated heterocycles. The molecule has 4 aromatic rings. The van der Waals surface area contributed by atoms with Crippen LogP contribution in [-0.4, -0.2) is 44.4 Å². The average Bonchev–Trinajstić information content (AvgIpc) is 3.30. The van der Waals surface area contributed by atoms with Gasteiger partial charge >= 0.3 is 0 Å². The van der Waals surface area contributed by atoms with Crippen LogP contribution >= 0.6 is 0 Å². The topological polar surface area (TPSA) is 71.6 Å². The van der Waals surface area contributed by atoms with Crippen molar-refractivity contribution >= 4 is 22.6 Å². The third-order valence-corrected chi connectivity index (χ3v) is 5.47. The van der Waals surface area contributed by atoms with Crippen LogP contribution in [-0.2, 0) is 17.9 Å².